The van der Waals surface area contributed by atoms with Gasteiger partial charge in [-0.1, -0.05) is 13.3 Å². The summed E-state index contributed by atoms with van der Waals surface area (Å²) in [5, 5.41) is 21.4. The predicted octanol–water partition coefficient (Wildman–Crippen LogP) is 1.08. The predicted molar refractivity (Wildman–Crippen MR) is 71.0 cm³/mol. The van der Waals surface area contributed by atoms with E-state index in [0.29, 0.717) is 19.1 Å². The SMILES string of the molecule is CCCC1(C(=O)O)CCN(Cc2nnnn2C2CC2)C1. The molecule has 1 aromatic rings. The van der Waals surface area contributed by atoms with E-state index in [-0.39, 0.29) is 0 Å². The van der Waals surface area contributed by atoms with E-state index in [1.54, 1.807) is 0 Å². The molecule has 1 saturated heterocycles. The third-order valence-electron chi connectivity index (χ3n) is 4.43. The van der Waals surface area contributed by atoms with E-state index >= 15 is 0 Å². The Morgan fingerprint density at radius 1 is 1.50 bits per heavy atom. The zero-order chi connectivity index (χ0) is 14.2. The number of carboxylic acids is 1. The number of aromatic nitrogens is 4. The summed E-state index contributed by atoms with van der Waals surface area (Å²) in [6.45, 7) is 4.11. The first-order valence-corrected chi connectivity index (χ1v) is 7.37. The number of carboxylic acid groups (broad SMARTS) is 1. The zero-order valence-corrected chi connectivity index (χ0v) is 11.8. The lowest BCUT2D eigenvalue weighted by Crippen LogP contribution is -2.34. The van der Waals surface area contributed by atoms with Crippen molar-refractivity contribution in [2.24, 2.45) is 5.41 Å². The number of hydrogen-bond donors (Lipinski definition) is 1. The van der Waals surface area contributed by atoms with Crippen molar-refractivity contribution in [1.29, 1.82) is 0 Å². The highest BCUT2D eigenvalue weighted by Crippen LogP contribution is 2.37. The maximum atomic E-state index is 11.6. The molecule has 2 fully saturated rings. The van der Waals surface area contributed by atoms with Crippen LogP contribution in [0.25, 0.3) is 0 Å². The molecule has 2 aliphatic rings. The Labute approximate surface area is 117 Å². The number of aliphatic carboxylic acids is 1. The topological polar surface area (TPSA) is 84.1 Å². The van der Waals surface area contributed by atoms with E-state index in [1.165, 1.54) is 0 Å². The van der Waals surface area contributed by atoms with Crippen LogP contribution in [0.2, 0.25) is 0 Å². The van der Waals surface area contributed by atoms with Crippen molar-refractivity contribution in [1.82, 2.24) is 25.1 Å². The quantitative estimate of drug-likeness (QED) is 0.839. The Bertz CT molecular complexity index is 499. The van der Waals surface area contributed by atoms with E-state index in [9.17, 15) is 9.90 Å². The van der Waals surface area contributed by atoms with Gasteiger partial charge < -0.3 is 5.11 Å². The summed E-state index contributed by atoms with van der Waals surface area (Å²) in [4.78, 5) is 13.7. The number of rotatable bonds is 6. The molecule has 0 spiro atoms. The lowest BCUT2D eigenvalue weighted by Gasteiger charge is -2.24. The van der Waals surface area contributed by atoms with Crippen LogP contribution in [0.15, 0.2) is 0 Å². The van der Waals surface area contributed by atoms with Gasteiger partial charge in [0.15, 0.2) is 5.82 Å². The molecule has 1 N–H and O–H groups in total. The Hall–Kier alpha value is -1.50. The minimum atomic E-state index is -0.663. The molecule has 110 valence electrons. The summed E-state index contributed by atoms with van der Waals surface area (Å²) < 4.78 is 1.90. The summed E-state index contributed by atoms with van der Waals surface area (Å²) >= 11 is 0. The lowest BCUT2D eigenvalue weighted by molar-refractivity contribution is -0.148. The number of likely N-dealkylation sites (tertiary alicyclic amines) is 1. The second-order valence-corrected chi connectivity index (χ2v) is 6.07. The Morgan fingerprint density at radius 2 is 2.30 bits per heavy atom. The van der Waals surface area contributed by atoms with Gasteiger partial charge in [0.2, 0.25) is 0 Å². The van der Waals surface area contributed by atoms with Crippen molar-refractivity contribution in [2.75, 3.05) is 13.1 Å². The Morgan fingerprint density at radius 3 is 2.95 bits per heavy atom. The van der Waals surface area contributed by atoms with Crippen molar-refractivity contribution < 1.29 is 9.90 Å². The first kappa shape index (κ1) is 13.5. The average molecular weight is 279 g/mol. The molecule has 7 heteroatoms. The highest BCUT2D eigenvalue weighted by Gasteiger charge is 2.44. The van der Waals surface area contributed by atoms with Crippen molar-refractivity contribution in [3.8, 4) is 0 Å². The van der Waals surface area contributed by atoms with Crippen LogP contribution < -0.4 is 0 Å². The summed E-state index contributed by atoms with van der Waals surface area (Å²) in [6, 6.07) is 0.461. The van der Waals surface area contributed by atoms with E-state index in [4.69, 9.17) is 0 Å². The van der Waals surface area contributed by atoms with E-state index < -0.39 is 11.4 Å². The standard InChI is InChI=1S/C13H21N5O2/c1-2-5-13(12(19)20)6-7-17(9-13)8-11-14-15-16-18(11)10-3-4-10/h10H,2-9H2,1H3,(H,19,20). The summed E-state index contributed by atoms with van der Waals surface area (Å²) in [6.07, 6.45) is 4.66. The fourth-order valence-electron chi connectivity index (χ4n) is 3.18. The van der Waals surface area contributed by atoms with Gasteiger partial charge in [0.05, 0.1) is 18.0 Å². The maximum absolute atomic E-state index is 11.6. The van der Waals surface area contributed by atoms with Crippen molar-refractivity contribution in [3.05, 3.63) is 5.82 Å². The van der Waals surface area contributed by atoms with Crippen LogP contribution in [0.1, 0.15) is 50.9 Å². The van der Waals surface area contributed by atoms with E-state index in [0.717, 1.165) is 44.5 Å². The molecule has 1 aromatic heterocycles. The van der Waals surface area contributed by atoms with Crippen molar-refractivity contribution in [3.63, 3.8) is 0 Å². The molecule has 1 unspecified atom stereocenters. The van der Waals surface area contributed by atoms with Gasteiger partial charge >= 0.3 is 5.97 Å². The summed E-state index contributed by atoms with van der Waals surface area (Å²) in [7, 11) is 0. The molecular weight excluding hydrogens is 258 g/mol. The molecule has 1 atom stereocenters. The Balaban J connectivity index is 1.67. The van der Waals surface area contributed by atoms with Crippen LogP contribution in [-0.4, -0.2) is 49.3 Å². The second-order valence-electron chi connectivity index (χ2n) is 6.07. The van der Waals surface area contributed by atoms with Crippen LogP contribution in [0.3, 0.4) is 0 Å². The van der Waals surface area contributed by atoms with Gasteiger partial charge in [-0.25, -0.2) is 4.68 Å². The molecule has 1 aliphatic heterocycles. The van der Waals surface area contributed by atoms with Gasteiger partial charge in [0, 0.05) is 6.54 Å². The molecule has 1 saturated carbocycles. The van der Waals surface area contributed by atoms with Crippen LogP contribution in [0.4, 0.5) is 0 Å². The lowest BCUT2D eigenvalue weighted by atomic mass is 9.83. The fourth-order valence-corrected chi connectivity index (χ4v) is 3.18. The summed E-state index contributed by atoms with van der Waals surface area (Å²) in [5.41, 5.74) is -0.577. The van der Waals surface area contributed by atoms with Crippen LogP contribution in [0, 0.1) is 5.41 Å². The number of hydrogen-bond acceptors (Lipinski definition) is 5. The highest BCUT2D eigenvalue weighted by atomic mass is 16.4. The fraction of sp³-hybridized carbons (Fsp3) is 0.846. The molecule has 0 bridgehead atoms. The summed E-state index contributed by atoms with van der Waals surface area (Å²) in [5.74, 6) is 0.203. The molecule has 7 nitrogen and oxygen atoms in total. The van der Waals surface area contributed by atoms with Crippen LogP contribution in [0.5, 0.6) is 0 Å². The molecule has 0 radical (unpaired) electrons. The highest BCUT2D eigenvalue weighted by molar-refractivity contribution is 5.75. The monoisotopic (exact) mass is 279 g/mol. The molecule has 0 aromatic carbocycles. The van der Waals surface area contributed by atoms with Crippen LogP contribution in [-0.2, 0) is 11.3 Å². The minimum Gasteiger partial charge on any atom is -0.481 e. The number of tetrazole rings is 1. The maximum Gasteiger partial charge on any atom is 0.310 e. The van der Waals surface area contributed by atoms with Gasteiger partial charge in [0.25, 0.3) is 0 Å². The number of nitrogens with zero attached hydrogens (tertiary/aromatic N) is 5. The van der Waals surface area contributed by atoms with Gasteiger partial charge in [-0.3, -0.25) is 9.69 Å². The second kappa shape index (κ2) is 5.12. The third-order valence-corrected chi connectivity index (χ3v) is 4.43. The molecule has 0 amide bonds. The van der Waals surface area contributed by atoms with Crippen molar-refractivity contribution >= 4 is 5.97 Å². The normalized spacial score (nSPS) is 27.1. The van der Waals surface area contributed by atoms with Crippen molar-refractivity contribution in [2.45, 2.75) is 51.6 Å². The van der Waals surface area contributed by atoms with Gasteiger partial charge in [-0.05, 0) is 42.7 Å². The zero-order valence-electron chi connectivity index (χ0n) is 11.8. The molecule has 20 heavy (non-hydrogen) atoms. The average Bonchev–Trinajstić information content (AvgIpc) is 3.02. The largest absolute Gasteiger partial charge is 0.481 e. The molecule has 1 aliphatic carbocycles. The van der Waals surface area contributed by atoms with Gasteiger partial charge in [-0.15, -0.1) is 5.10 Å². The smallest absolute Gasteiger partial charge is 0.310 e. The first-order chi connectivity index (χ1) is 9.64. The first-order valence-electron chi connectivity index (χ1n) is 7.37. The van der Waals surface area contributed by atoms with Crippen LogP contribution >= 0.6 is 0 Å². The van der Waals surface area contributed by atoms with E-state index in [1.807, 2.05) is 11.6 Å². The van der Waals surface area contributed by atoms with Gasteiger partial charge in [0.1, 0.15) is 0 Å². The number of carbonyl (C=O) groups is 1. The third kappa shape index (κ3) is 2.42. The molecular formula is C13H21N5O2. The minimum absolute atomic E-state index is 0.461. The molecule has 3 rings (SSSR count). The molecule has 2 heterocycles. The van der Waals surface area contributed by atoms with E-state index in [2.05, 4.69) is 20.4 Å². The Kier molecular flexibility index (Phi) is 3.45. The van der Waals surface area contributed by atoms with Gasteiger partial charge in [-0.2, -0.15) is 0 Å².